The maximum Gasteiger partial charge on any atom is 0.256 e. The van der Waals surface area contributed by atoms with Crippen molar-refractivity contribution in [1.29, 1.82) is 0 Å². The SMILES string of the molecule is CCCC1(O)CN(C(=O)c2cccc(Cl)c2N)C1. The second kappa shape index (κ2) is 4.78. The summed E-state index contributed by atoms with van der Waals surface area (Å²) in [5, 5.41) is 10.4. The number of likely N-dealkylation sites (tertiary alicyclic amines) is 1. The lowest BCUT2D eigenvalue weighted by Crippen LogP contribution is -2.63. The Bertz CT molecular complexity index is 470. The van der Waals surface area contributed by atoms with E-state index in [9.17, 15) is 9.90 Å². The zero-order chi connectivity index (χ0) is 13.3. The van der Waals surface area contributed by atoms with E-state index in [0.717, 1.165) is 6.42 Å². The van der Waals surface area contributed by atoms with Gasteiger partial charge in [-0.25, -0.2) is 0 Å². The highest BCUT2D eigenvalue weighted by molar-refractivity contribution is 6.33. The molecule has 0 spiro atoms. The van der Waals surface area contributed by atoms with Crippen LogP contribution in [0.5, 0.6) is 0 Å². The van der Waals surface area contributed by atoms with Gasteiger partial charge in [0.15, 0.2) is 0 Å². The van der Waals surface area contributed by atoms with Crippen molar-refractivity contribution in [2.24, 2.45) is 0 Å². The minimum Gasteiger partial charge on any atom is -0.397 e. The van der Waals surface area contributed by atoms with E-state index in [-0.39, 0.29) is 5.91 Å². The van der Waals surface area contributed by atoms with Crippen LogP contribution in [0.2, 0.25) is 5.02 Å². The van der Waals surface area contributed by atoms with Crippen LogP contribution in [0.1, 0.15) is 30.1 Å². The van der Waals surface area contributed by atoms with Gasteiger partial charge in [0.1, 0.15) is 0 Å². The van der Waals surface area contributed by atoms with Gasteiger partial charge < -0.3 is 15.7 Å². The first kappa shape index (κ1) is 13.2. The van der Waals surface area contributed by atoms with Crippen molar-refractivity contribution in [3.8, 4) is 0 Å². The maximum absolute atomic E-state index is 12.2. The molecule has 2 rings (SSSR count). The molecule has 1 aliphatic rings. The Kier molecular flexibility index (Phi) is 3.50. The van der Waals surface area contributed by atoms with Crippen LogP contribution in [-0.2, 0) is 0 Å². The van der Waals surface area contributed by atoms with Gasteiger partial charge in [-0.3, -0.25) is 4.79 Å². The average molecular weight is 269 g/mol. The lowest BCUT2D eigenvalue weighted by molar-refractivity contribution is -0.0859. The molecule has 0 radical (unpaired) electrons. The van der Waals surface area contributed by atoms with Gasteiger partial charge in [-0.1, -0.05) is 31.0 Å². The Hall–Kier alpha value is -1.26. The molecule has 0 bridgehead atoms. The quantitative estimate of drug-likeness (QED) is 0.823. The van der Waals surface area contributed by atoms with E-state index < -0.39 is 5.60 Å². The van der Waals surface area contributed by atoms with Crippen LogP contribution in [0.3, 0.4) is 0 Å². The van der Waals surface area contributed by atoms with Crippen molar-refractivity contribution in [2.75, 3.05) is 18.8 Å². The van der Waals surface area contributed by atoms with Crippen LogP contribution in [0.4, 0.5) is 5.69 Å². The van der Waals surface area contributed by atoms with E-state index in [1.54, 1.807) is 23.1 Å². The topological polar surface area (TPSA) is 66.6 Å². The van der Waals surface area contributed by atoms with Gasteiger partial charge in [-0.05, 0) is 18.6 Å². The molecule has 1 heterocycles. The molecule has 5 heteroatoms. The van der Waals surface area contributed by atoms with E-state index in [1.165, 1.54) is 0 Å². The van der Waals surface area contributed by atoms with Crippen molar-refractivity contribution in [1.82, 2.24) is 4.90 Å². The summed E-state index contributed by atoms with van der Waals surface area (Å²) < 4.78 is 0. The van der Waals surface area contributed by atoms with Gasteiger partial charge in [0.25, 0.3) is 5.91 Å². The molecule has 98 valence electrons. The summed E-state index contributed by atoms with van der Waals surface area (Å²) >= 11 is 5.88. The van der Waals surface area contributed by atoms with Gasteiger partial charge in [-0.2, -0.15) is 0 Å². The number of hydrogen-bond donors (Lipinski definition) is 2. The normalized spacial score (nSPS) is 17.4. The zero-order valence-corrected chi connectivity index (χ0v) is 11.1. The highest BCUT2D eigenvalue weighted by Gasteiger charge is 2.43. The zero-order valence-electron chi connectivity index (χ0n) is 10.3. The maximum atomic E-state index is 12.2. The molecule has 0 atom stereocenters. The molecule has 0 aromatic heterocycles. The lowest BCUT2D eigenvalue weighted by Gasteiger charge is -2.46. The summed E-state index contributed by atoms with van der Waals surface area (Å²) in [5.41, 5.74) is 5.76. The van der Waals surface area contributed by atoms with Crippen LogP contribution < -0.4 is 5.73 Å². The highest BCUT2D eigenvalue weighted by Crippen LogP contribution is 2.30. The number of hydrogen-bond acceptors (Lipinski definition) is 3. The summed E-state index contributed by atoms with van der Waals surface area (Å²) in [7, 11) is 0. The third-order valence-corrected chi connectivity index (χ3v) is 3.59. The Morgan fingerprint density at radius 3 is 2.83 bits per heavy atom. The standard InChI is InChI=1S/C13H17ClN2O2/c1-2-6-13(18)7-16(8-13)12(17)9-4-3-5-10(14)11(9)15/h3-5,18H,2,6-8,15H2,1H3. The lowest BCUT2D eigenvalue weighted by atomic mass is 9.88. The molecule has 0 aliphatic carbocycles. The second-order valence-corrected chi connectivity index (χ2v) is 5.24. The molecule has 1 amide bonds. The van der Waals surface area contributed by atoms with E-state index >= 15 is 0 Å². The van der Waals surface area contributed by atoms with E-state index in [2.05, 4.69) is 0 Å². The molecule has 4 nitrogen and oxygen atoms in total. The van der Waals surface area contributed by atoms with Crippen molar-refractivity contribution >= 4 is 23.2 Å². The number of carbonyl (C=O) groups excluding carboxylic acids is 1. The van der Waals surface area contributed by atoms with Crippen LogP contribution in [0, 0.1) is 0 Å². The molecule has 0 saturated carbocycles. The minimum absolute atomic E-state index is 0.171. The number of rotatable bonds is 3. The first-order valence-corrected chi connectivity index (χ1v) is 6.40. The summed E-state index contributed by atoms with van der Waals surface area (Å²) in [5.74, 6) is -0.171. The average Bonchev–Trinajstić information content (AvgIpc) is 2.29. The molecular formula is C13H17ClN2O2. The van der Waals surface area contributed by atoms with Crippen molar-refractivity contribution in [3.63, 3.8) is 0 Å². The summed E-state index contributed by atoms with van der Waals surface area (Å²) in [6.45, 7) is 2.74. The number of nitrogens with zero attached hydrogens (tertiary/aromatic N) is 1. The largest absolute Gasteiger partial charge is 0.397 e. The summed E-state index contributed by atoms with van der Waals surface area (Å²) in [6.07, 6.45) is 1.61. The summed E-state index contributed by atoms with van der Waals surface area (Å²) in [6, 6.07) is 5.00. The number of para-hydroxylation sites is 1. The number of aliphatic hydroxyl groups is 1. The highest BCUT2D eigenvalue weighted by atomic mass is 35.5. The Morgan fingerprint density at radius 1 is 1.56 bits per heavy atom. The molecule has 3 N–H and O–H groups in total. The molecule has 0 unspecified atom stereocenters. The number of amides is 1. The van der Waals surface area contributed by atoms with Crippen LogP contribution in [0.15, 0.2) is 18.2 Å². The van der Waals surface area contributed by atoms with Gasteiger partial charge >= 0.3 is 0 Å². The van der Waals surface area contributed by atoms with Gasteiger partial charge in [-0.15, -0.1) is 0 Å². The molecule has 1 aliphatic heterocycles. The Morgan fingerprint density at radius 2 is 2.22 bits per heavy atom. The fourth-order valence-corrected chi connectivity index (χ4v) is 2.50. The molecule has 1 aromatic rings. The van der Waals surface area contributed by atoms with E-state index in [1.807, 2.05) is 6.92 Å². The summed E-state index contributed by atoms with van der Waals surface area (Å²) in [4.78, 5) is 13.8. The number of nitrogen functional groups attached to an aromatic ring is 1. The monoisotopic (exact) mass is 268 g/mol. The predicted molar refractivity (Wildman–Crippen MR) is 71.6 cm³/mol. The Labute approximate surface area is 111 Å². The molecular weight excluding hydrogens is 252 g/mol. The number of nitrogens with two attached hydrogens (primary N) is 1. The molecule has 18 heavy (non-hydrogen) atoms. The Balaban J connectivity index is 2.08. The third-order valence-electron chi connectivity index (χ3n) is 3.26. The number of β-amino-alcohol motifs (C(OH)–C–C–N with tert-alkyl or cyclic N) is 1. The van der Waals surface area contributed by atoms with Crippen molar-refractivity contribution in [3.05, 3.63) is 28.8 Å². The van der Waals surface area contributed by atoms with Crippen LogP contribution >= 0.6 is 11.6 Å². The second-order valence-electron chi connectivity index (χ2n) is 4.84. The smallest absolute Gasteiger partial charge is 0.256 e. The van der Waals surface area contributed by atoms with Crippen molar-refractivity contribution < 1.29 is 9.90 Å². The number of anilines is 1. The van der Waals surface area contributed by atoms with Crippen LogP contribution in [0.25, 0.3) is 0 Å². The van der Waals surface area contributed by atoms with Crippen LogP contribution in [-0.4, -0.2) is 34.6 Å². The fraction of sp³-hybridized carbons (Fsp3) is 0.462. The van der Waals surface area contributed by atoms with E-state index in [0.29, 0.717) is 35.8 Å². The van der Waals surface area contributed by atoms with Gasteiger partial charge in [0, 0.05) is 0 Å². The minimum atomic E-state index is -0.724. The molecule has 1 aromatic carbocycles. The van der Waals surface area contributed by atoms with Gasteiger partial charge in [0.05, 0.1) is 35.0 Å². The fourth-order valence-electron chi connectivity index (χ4n) is 2.33. The predicted octanol–water partition coefficient (Wildman–Crippen LogP) is 1.91. The number of halogens is 1. The number of carbonyl (C=O) groups is 1. The first-order chi connectivity index (χ1) is 8.47. The van der Waals surface area contributed by atoms with Gasteiger partial charge in [0.2, 0.25) is 0 Å². The first-order valence-electron chi connectivity index (χ1n) is 6.02. The van der Waals surface area contributed by atoms with E-state index in [4.69, 9.17) is 17.3 Å². The molecule has 1 saturated heterocycles. The molecule has 1 fully saturated rings. The van der Waals surface area contributed by atoms with Crippen molar-refractivity contribution in [2.45, 2.75) is 25.4 Å². The number of benzene rings is 1. The third kappa shape index (κ3) is 2.31.